The topological polar surface area (TPSA) is 223 Å². The molecule has 2 fully saturated rings. The minimum absolute atomic E-state index is 0. The first-order valence-electron chi connectivity index (χ1n) is 21.4. The Morgan fingerprint density at radius 3 is 1.79 bits per heavy atom. The number of benzene rings is 2. The molecule has 5 N–H and O–H groups in total. The van der Waals surface area contributed by atoms with Gasteiger partial charge in [-0.3, -0.25) is 24.2 Å². The van der Waals surface area contributed by atoms with Crippen molar-refractivity contribution in [3.05, 3.63) is 93.0 Å². The molecule has 2 aliphatic carbocycles. The third-order valence-electron chi connectivity index (χ3n) is 11.8. The molecule has 4 aliphatic heterocycles. The smallest absolute Gasteiger partial charge is 0.415 e. The number of carboxylic acid groups (broad SMARTS) is 1. The minimum Gasteiger partial charge on any atom is -0.483 e. The van der Waals surface area contributed by atoms with Crippen LogP contribution in [0.15, 0.2) is 60.7 Å². The molecule has 0 radical (unpaired) electrons. The fourth-order valence-corrected chi connectivity index (χ4v) is 9.27. The summed E-state index contributed by atoms with van der Waals surface area (Å²) >= 11 is 12.6. The number of nitrogens with zero attached hydrogens (tertiary/aromatic N) is 4. The second-order valence-electron chi connectivity index (χ2n) is 16.3. The predicted molar refractivity (Wildman–Crippen MR) is 248 cm³/mol. The number of nitrogens with one attached hydrogen (secondary N) is 4. The predicted octanol–water partition coefficient (Wildman–Crippen LogP) is 5.84. The lowest BCUT2D eigenvalue weighted by molar-refractivity contribution is -0.123. The van der Waals surface area contributed by atoms with Crippen LogP contribution in [0.4, 0.5) is 32.9 Å². The van der Waals surface area contributed by atoms with Crippen LogP contribution in [-0.2, 0) is 49.5 Å². The van der Waals surface area contributed by atoms with Gasteiger partial charge in [-0.05, 0) is 129 Å². The van der Waals surface area contributed by atoms with Gasteiger partial charge >= 0.3 is 12.2 Å². The first kappa shape index (κ1) is 48.0. The van der Waals surface area contributed by atoms with Gasteiger partial charge in [-0.1, -0.05) is 47.5 Å². The molecule has 4 atom stereocenters. The van der Waals surface area contributed by atoms with Gasteiger partial charge < -0.3 is 45.3 Å². The summed E-state index contributed by atoms with van der Waals surface area (Å²) in [6.07, 6.45) is 5.10. The number of fused-ring (bicyclic) bond motifs is 4. The van der Waals surface area contributed by atoms with E-state index in [4.69, 9.17) is 52.1 Å². The Bertz CT molecular complexity index is 2450. The number of cyclic esters (lactones) is 2. The van der Waals surface area contributed by atoms with Gasteiger partial charge in [0.2, 0.25) is 0 Å². The molecular weight excluding hydrogens is 919 g/mol. The highest BCUT2D eigenvalue weighted by atomic mass is 35.5. The number of hydrogen-bond donors (Lipinski definition) is 5. The van der Waals surface area contributed by atoms with E-state index in [0.717, 1.165) is 68.2 Å². The first-order chi connectivity index (χ1) is 31.5. The van der Waals surface area contributed by atoms with Crippen molar-refractivity contribution in [2.75, 3.05) is 66.4 Å². The molecule has 21 heteroatoms. The van der Waals surface area contributed by atoms with E-state index >= 15 is 0 Å². The zero-order valence-corrected chi connectivity index (χ0v) is 38.0. The fourth-order valence-electron chi connectivity index (χ4n) is 8.73. The van der Waals surface area contributed by atoms with Crippen molar-refractivity contribution in [1.29, 1.82) is 0 Å². The maximum atomic E-state index is 12.3. The molecular formula is C45H49Cl3N8O10. The van der Waals surface area contributed by atoms with Crippen molar-refractivity contribution in [1.82, 2.24) is 20.6 Å². The SMILES string of the molecule is Cl.O=C1COc2ccc(N3CC(CCCNCC4Cc5cccc(Cl)c5C4)OC3=O)nc2N1.O=C1COc2ccc(N3CC(CCNC4Cc5cccc(Cl)c5C4)OC3=O)nc2N1.O=CO. The maximum absolute atomic E-state index is 12.3. The highest BCUT2D eigenvalue weighted by molar-refractivity contribution is 6.31. The van der Waals surface area contributed by atoms with E-state index in [0.29, 0.717) is 66.2 Å². The number of carbonyl (C=O) groups is 5. The summed E-state index contributed by atoms with van der Waals surface area (Å²) in [7, 11) is 0. The summed E-state index contributed by atoms with van der Waals surface area (Å²) in [6.45, 7) is 3.10. The van der Waals surface area contributed by atoms with Gasteiger partial charge in [0.1, 0.15) is 23.8 Å². The van der Waals surface area contributed by atoms with Crippen LogP contribution in [0.3, 0.4) is 0 Å². The number of anilines is 4. The highest BCUT2D eigenvalue weighted by Crippen LogP contribution is 2.34. The lowest BCUT2D eigenvalue weighted by atomic mass is 10.1. The Kier molecular flexibility index (Phi) is 16.0. The summed E-state index contributed by atoms with van der Waals surface area (Å²) in [5.74, 6) is 2.55. The van der Waals surface area contributed by atoms with Crippen LogP contribution in [-0.4, -0.2) is 110 Å². The number of hydrogen-bond acceptors (Lipinski definition) is 13. The van der Waals surface area contributed by atoms with Gasteiger partial charge in [0.05, 0.1) is 13.1 Å². The van der Waals surface area contributed by atoms with Crippen LogP contribution in [0.5, 0.6) is 11.5 Å². The average molecular weight is 968 g/mol. The van der Waals surface area contributed by atoms with E-state index in [1.165, 1.54) is 32.1 Å². The molecule has 4 amide bonds. The van der Waals surface area contributed by atoms with Crippen LogP contribution in [0.25, 0.3) is 0 Å². The van der Waals surface area contributed by atoms with Crippen molar-refractivity contribution >= 4 is 89.4 Å². The van der Waals surface area contributed by atoms with Crippen molar-refractivity contribution in [2.45, 2.75) is 63.2 Å². The molecule has 2 aromatic heterocycles. The zero-order valence-electron chi connectivity index (χ0n) is 35.6. The second-order valence-corrected chi connectivity index (χ2v) is 17.1. The van der Waals surface area contributed by atoms with Crippen LogP contribution < -0.4 is 40.5 Å². The van der Waals surface area contributed by atoms with Crippen molar-refractivity contribution in [2.24, 2.45) is 5.92 Å². The van der Waals surface area contributed by atoms with Crippen molar-refractivity contribution in [3.8, 4) is 11.5 Å². The van der Waals surface area contributed by atoms with Crippen molar-refractivity contribution < 1.29 is 48.0 Å². The minimum atomic E-state index is -0.435. The lowest BCUT2D eigenvalue weighted by Crippen LogP contribution is -2.33. The summed E-state index contributed by atoms with van der Waals surface area (Å²) in [5.41, 5.74) is 5.18. The molecule has 0 bridgehead atoms. The number of rotatable bonds is 12. The molecule has 0 saturated carbocycles. The number of pyridine rings is 2. The normalized spacial score (nSPS) is 20.8. The summed E-state index contributed by atoms with van der Waals surface area (Å²) < 4.78 is 21.6. The monoisotopic (exact) mass is 966 g/mol. The van der Waals surface area contributed by atoms with E-state index in [1.54, 1.807) is 24.3 Å². The Morgan fingerprint density at radius 1 is 0.712 bits per heavy atom. The largest absolute Gasteiger partial charge is 0.483 e. The molecule has 6 aliphatic rings. The number of amides is 4. The quantitative estimate of drug-likeness (QED) is 0.0832. The van der Waals surface area contributed by atoms with Gasteiger partial charge in [-0.25, -0.2) is 19.6 Å². The third kappa shape index (κ3) is 11.5. The molecule has 4 unspecified atom stereocenters. The maximum Gasteiger partial charge on any atom is 0.415 e. The first-order valence-corrected chi connectivity index (χ1v) is 22.2. The summed E-state index contributed by atoms with van der Waals surface area (Å²) in [5, 5.41) is 21.0. The molecule has 2 aromatic carbocycles. The van der Waals surface area contributed by atoms with Gasteiger partial charge in [0.25, 0.3) is 18.3 Å². The summed E-state index contributed by atoms with van der Waals surface area (Å²) in [4.78, 5) is 67.7. The molecule has 0 spiro atoms. The Morgan fingerprint density at radius 2 is 1.24 bits per heavy atom. The van der Waals surface area contributed by atoms with Crippen LogP contribution in [0.2, 0.25) is 10.0 Å². The summed E-state index contributed by atoms with van der Waals surface area (Å²) in [6, 6.07) is 19.3. The van der Waals surface area contributed by atoms with Crippen LogP contribution in [0, 0.1) is 5.92 Å². The molecule has 18 nitrogen and oxygen atoms in total. The number of halogens is 3. The second kappa shape index (κ2) is 22.0. The molecule has 2 saturated heterocycles. The van der Waals surface area contributed by atoms with Crippen LogP contribution in [0.1, 0.15) is 41.5 Å². The van der Waals surface area contributed by atoms with E-state index in [9.17, 15) is 19.2 Å². The van der Waals surface area contributed by atoms with E-state index in [1.807, 2.05) is 24.3 Å². The zero-order chi connectivity index (χ0) is 45.5. The molecule has 66 heavy (non-hydrogen) atoms. The number of carbonyl (C=O) groups excluding carboxylic acids is 4. The Hall–Kier alpha value is -5.92. The Labute approximate surface area is 396 Å². The van der Waals surface area contributed by atoms with Crippen molar-refractivity contribution in [3.63, 3.8) is 0 Å². The average Bonchev–Trinajstić information content (AvgIpc) is 4.09. The van der Waals surface area contributed by atoms with Gasteiger partial charge in [0, 0.05) is 16.1 Å². The van der Waals surface area contributed by atoms with Crippen LogP contribution >= 0.6 is 35.6 Å². The van der Waals surface area contributed by atoms with Gasteiger partial charge in [0.15, 0.2) is 36.3 Å². The number of aromatic nitrogens is 2. The fraction of sp³-hybridized carbons (Fsp3) is 0.400. The van der Waals surface area contributed by atoms with E-state index in [2.05, 4.69) is 43.4 Å². The molecule has 6 heterocycles. The van der Waals surface area contributed by atoms with E-state index in [-0.39, 0.29) is 56.1 Å². The molecule has 10 rings (SSSR count). The van der Waals surface area contributed by atoms with E-state index < -0.39 is 12.2 Å². The van der Waals surface area contributed by atoms with Gasteiger partial charge in [-0.2, -0.15) is 0 Å². The Balaban J connectivity index is 0.000000183. The van der Waals surface area contributed by atoms with Gasteiger partial charge in [-0.15, -0.1) is 12.4 Å². The third-order valence-corrected chi connectivity index (χ3v) is 12.5. The highest BCUT2D eigenvalue weighted by Gasteiger charge is 2.35. The molecule has 4 aromatic rings. The standard InChI is InChI=1S/C23H25ClN4O4.C21H21ClN4O4.CH2O2.ClH/c24-18-5-1-3-15-9-14(10-17(15)18)11-25-8-2-4-16-12-28(23(30)32-16)20-7-6-19-22(26-20)27-21(29)13-31-19;22-16-3-1-2-12-8-13(9-15(12)16)23-7-6-14-10-26(21(28)30-14)18-5-4-17-20(24-18)25-19(27)11-29-17;2-1-3;/h1,3,5-7,14,16,25H,2,4,8-13H2,(H,26,27,29);1-5,13-14,23H,6-11H2,(H,24,25,27);1H,(H,2,3);1H. The number of ether oxygens (including phenoxy) is 4. The lowest BCUT2D eigenvalue weighted by Gasteiger charge is -2.19. The molecule has 350 valence electrons.